The van der Waals surface area contributed by atoms with E-state index >= 15 is 0 Å². The zero-order chi connectivity index (χ0) is 22.8. The fraction of sp³-hybridized carbons (Fsp3) is 0.478. The predicted molar refractivity (Wildman–Crippen MR) is 121 cm³/mol. The summed E-state index contributed by atoms with van der Waals surface area (Å²) in [5, 5.41) is 4.79. The van der Waals surface area contributed by atoms with Gasteiger partial charge in [0.2, 0.25) is 0 Å². The molecule has 170 valence electrons. The van der Waals surface area contributed by atoms with Gasteiger partial charge in [-0.15, -0.1) is 0 Å². The van der Waals surface area contributed by atoms with Crippen LogP contribution >= 0.6 is 11.6 Å². The first-order chi connectivity index (χ1) is 15.3. The van der Waals surface area contributed by atoms with E-state index in [2.05, 4.69) is 5.10 Å². The first kappa shape index (κ1) is 22.3. The van der Waals surface area contributed by atoms with E-state index in [9.17, 15) is 14.4 Å². The topological polar surface area (TPSA) is 78.8 Å². The van der Waals surface area contributed by atoms with Gasteiger partial charge < -0.3 is 14.7 Å². The highest BCUT2D eigenvalue weighted by molar-refractivity contribution is 6.35. The summed E-state index contributed by atoms with van der Waals surface area (Å²) in [7, 11) is 0. The molecule has 8 nitrogen and oxygen atoms in total. The van der Waals surface area contributed by atoms with Crippen molar-refractivity contribution in [1.29, 1.82) is 0 Å². The monoisotopic (exact) mass is 457 g/mol. The Balaban J connectivity index is 1.39. The molecule has 0 aliphatic carbocycles. The maximum absolute atomic E-state index is 13.2. The molecule has 3 amide bonds. The van der Waals surface area contributed by atoms with Gasteiger partial charge in [0.1, 0.15) is 5.15 Å². The third-order valence-corrected chi connectivity index (χ3v) is 6.55. The molecule has 0 saturated carbocycles. The minimum atomic E-state index is -0.473. The molecule has 0 spiro atoms. The smallest absolute Gasteiger partial charge is 0.312 e. The highest BCUT2D eigenvalue weighted by Crippen LogP contribution is 2.23. The first-order valence-corrected chi connectivity index (χ1v) is 11.4. The molecule has 0 bridgehead atoms. The van der Waals surface area contributed by atoms with E-state index in [1.165, 1.54) is 5.56 Å². The van der Waals surface area contributed by atoms with Crippen LogP contribution in [0.1, 0.15) is 40.0 Å². The molecule has 0 N–H and O–H groups in total. The minimum Gasteiger partial charge on any atom is -0.335 e. The number of hydrogen-bond acceptors (Lipinski definition) is 4. The van der Waals surface area contributed by atoms with Gasteiger partial charge in [-0.25, -0.2) is 4.68 Å². The fourth-order valence-corrected chi connectivity index (χ4v) is 4.54. The molecule has 1 aromatic carbocycles. The van der Waals surface area contributed by atoms with Gasteiger partial charge in [0.05, 0.1) is 17.8 Å². The first-order valence-electron chi connectivity index (χ1n) is 11.0. The van der Waals surface area contributed by atoms with Crippen LogP contribution in [0.4, 0.5) is 0 Å². The lowest BCUT2D eigenvalue weighted by Gasteiger charge is -2.35. The van der Waals surface area contributed by atoms with Crippen LogP contribution in [-0.4, -0.2) is 81.5 Å². The molecule has 0 unspecified atom stereocenters. The van der Waals surface area contributed by atoms with E-state index in [4.69, 9.17) is 11.6 Å². The van der Waals surface area contributed by atoms with Crippen molar-refractivity contribution in [2.75, 3.05) is 39.3 Å². The zero-order valence-corrected chi connectivity index (χ0v) is 19.3. The number of piperazine rings is 1. The number of nitrogens with zero attached hydrogens (tertiary/aromatic N) is 5. The molecular formula is C23H28ClN5O3. The molecule has 2 aliphatic rings. The van der Waals surface area contributed by atoms with Crippen LogP contribution in [0.3, 0.4) is 0 Å². The Hall–Kier alpha value is -2.87. The standard InChI is InChI=1S/C23H28ClN5O3/c1-16-5-7-18(8-6-16)15-29-20(24)19(17(2)25-29)21(30)27-11-13-28(14-12-27)23(32)22(31)26-9-3-4-10-26/h5-8H,3-4,9-15H2,1-2H3. The fourth-order valence-electron chi connectivity index (χ4n) is 4.23. The van der Waals surface area contributed by atoms with Crippen molar-refractivity contribution in [1.82, 2.24) is 24.5 Å². The molecule has 9 heteroatoms. The molecule has 1 aromatic heterocycles. The second kappa shape index (κ2) is 9.32. The number of aromatic nitrogens is 2. The third-order valence-electron chi connectivity index (χ3n) is 6.16. The maximum Gasteiger partial charge on any atom is 0.312 e. The number of benzene rings is 1. The molecule has 2 fully saturated rings. The molecule has 3 heterocycles. The number of carbonyl (C=O) groups excluding carboxylic acids is 3. The molecule has 2 aliphatic heterocycles. The molecular weight excluding hydrogens is 430 g/mol. The Morgan fingerprint density at radius 3 is 1.97 bits per heavy atom. The SMILES string of the molecule is Cc1ccc(Cn2nc(C)c(C(=O)N3CCN(C(=O)C(=O)N4CCCC4)CC3)c2Cl)cc1. The summed E-state index contributed by atoms with van der Waals surface area (Å²) in [6, 6.07) is 8.09. The van der Waals surface area contributed by atoms with Crippen molar-refractivity contribution in [3.8, 4) is 0 Å². The summed E-state index contributed by atoms with van der Waals surface area (Å²) in [5.74, 6) is -1.10. The van der Waals surface area contributed by atoms with Crippen LogP contribution < -0.4 is 0 Å². The Morgan fingerprint density at radius 2 is 1.38 bits per heavy atom. The van der Waals surface area contributed by atoms with Crippen molar-refractivity contribution >= 4 is 29.3 Å². The molecule has 2 saturated heterocycles. The van der Waals surface area contributed by atoms with Crippen molar-refractivity contribution < 1.29 is 14.4 Å². The summed E-state index contributed by atoms with van der Waals surface area (Å²) in [6.07, 6.45) is 1.89. The molecule has 4 rings (SSSR count). The Morgan fingerprint density at radius 1 is 0.844 bits per heavy atom. The van der Waals surface area contributed by atoms with Crippen molar-refractivity contribution in [3.63, 3.8) is 0 Å². The number of rotatable bonds is 3. The van der Waals surface area contributed by atoms with Crippen LogP contribution in [-0.2, 0) is 16.1 Å². The van der Waals surface area contributed by atoms with Gasteiger partial charge in [0.15, 0.2) is 0 Å². The number of carbonyl (C=O) groups is 3. The van der Waals surface area contributed by atoms with Crippen molar-refractivity contribution in [3.05, 3.63) is 51.8 Å². The Labute approximate surface area is 192 Å². The summed E-state index contributed by atoms with van der Waals surface area (Å²) in [4.78, 5) is 42.9. The van der Waals surface area contributed by atoms with Gasteiger partial charge in [-0.2, -0.15) is 5.10 Å². The highest BCUT2D eigenvalue weighted by atomic mass is 35.5. The lowest BCUT2D eigenvalue weighted by molar-refractivity contribution is -0.152. The largest absolute Gasteiger partial charge is 0.335 e. The predicted octanol–water partition coefficient (Wildman–Crippen LogP) is 2.11. The third kappa shape index (κ3) is 4.50. The van der Waals surface area contributed by atoms with Gasteiger partial charge in [0, 0.05) is 39.3 Å². The number of aryl methyl sites for hydroxylation is 2. The average Bonchev–Trinajstić information content (AvgIpc) is 3.42. The van der Waals surface area contributed by atoms with Crippen molar-refractivity contribution in [2.24, 2.45) is 0 Å². The second-order valence-corrected chi connectivity index (χ2v) is 8.84. The molecule has 2 aromatic rings. The summed E-state index contributed by atoms with van der Waals surface area (Å²) < 4.78 is 1.64. The van der Waals surface area contributed by atoms with E-state index in [0.29, 0.717) is 62.2 Å². The van der Waals surface area contributed by atoms with Gasteiger partial charge >= 0.3 is 11.8 Å². The molecule has 32 heavy (non-hydrogen) atoms. The van der Waals surface area contributed by atoms with Crippen LogP contribution in [0.25, 0.3) is 0 Å². The normalized spacial score (nSPS) is 16.5. The van der Waals surface area contributed by atoms with Gasteiger partial charge in [-0.1, -0.05) is 41.4 Å². The second-order valence-electron chi connectivity index (χ2n) is 8.48. The van der Waals surface area contributed by atoms with Gasteiger partial charge in [-0.05, 0) is 32.3 Å². The van der Waals surface area contributed by atoms with E-state index < -0.39 is 11.8 Å². The lowest BCUT2D eigenvalue weighted by atomic mass is 10.1. The van der Waals surface area contributed by atoms with Crippen LogP contribution in [0.15, 0.2) is 24.3 Å². The van der Waals surface area contributed by atoms with E-state index in [-0.39, 0.29) is 5.91 Å². The average molecular weight is 458 g/mol. The van der Waals surface area contributed by atoms with Crippen molar-refractivity contribution in [2.45, 2.75) is 33.2 Å². The summed E-state index contributed by atoms with van der Waals surface area (Å²) in [6.45, 7) is 6.96. The molecule has 0 radical (unpaired) electrons. The van der Waals surface area contributed by atoms with Gasteiger partial charge in [0.25, 0.3) is 5.91 Å². The lowest BCUT2D eigenvalue weighted by Crippen LogP contribution is -2.54. The number of halogens is 1. The minimum absolute atomic E-state index is 0.194. The molecule has 0 atom stereocenters. The summed E-state index contributed by atoms with van der Waals surface area (Å²) >= 11 is 6.56. The van der Waals surface area contributed by atoms with Gasteiger partial charge in [-0.3, -0.25) is 14.4 Å². The zero-order valence-electron chi connectivity index (χ0n) is 18.5. The number of hydrogen-bond donors (Lipinski definition) is 0. The maximum atomic E-state index is 13.2. The Bertz CT molecular complexity index is 1020. The van der Waals surface area contributed by atoms with Crippen LogP contribution in [0.5, 0.6) is 0 Å². The van der Waals surface area contributed by atoms with Crippen LogP contribution in [0, 0.1) is 13.8 Å². The van der Waals surface area contributed by atoms with E-state index in [1.54, 1.807) is 26.3 Å². The van der Waals surface area contributed by atoms with E-state index in [0.717, 1.165) is 18.4 Å². The van der Waals surface area contributed by atoms with Crippen LogP contribution in [0.2, 0.25) is 5.15 Å². The number of likely N-dealkylation sites (tertiary alicyclic amines) is 1. The van der Waals surface area contributed by atoms with E-state index in [1.807, 2.05) is 31.2 Å². The summed E-state index contributed by atoms with van der Waals surface area (Å²) in [5.41, 5.74) is 3.20. The number of amides is 3. The Kier molecular flexibility index (Phi) is 6.50. The highest BCUT2D eigenvalue weighted by Gasteiger charge is 2.33. The quantitative estimate of drug-likeness (QED) is 0.661.